The van der Waals surface area contributed by atoms with Crippen molar-refractivity contribution in [3.05, 3.63) is 107 Å². The van der Waals surface area contributed by atoms with Gasteiger partial charge in [-0.3, -0.25) is 9.59 Å². The number of rotatable bonds is 11. The molecular weight excluding hydrogens is 464 g/mol. The second kappa shape index (κ2) is 13.2. The summed E-state index contributed by atoms with van der Waals surface area (Å²) in [5.74, 6) is 0.755. The summed E-state index contributed by atoms with van der Waals surface area (Å²) in [6.45, 7) is 4.24. The van der Waals surface area contributed by atoms with E-state index in [1.54, 1.807) is 4.90 Å². The summed E-state index contributed by atoms with van der Waals surface area (Å²) in [6, 6.07) is 26.7. The van der Waals surface area contributed by atoms with Crippen molar-refractivity contribution in [2.45, 2.75) is 44.6 Å². The predicted octanol–water partition coefficient (Wildman–Crippen LogP) is 5.74. The molecule has 0 bridgehead atoms. The summed E-state index contributed by atoms with van der Waals surface area (Å²) in [7, 11) is 0. The quantitative estimate of drug-likeness (QED) is 0.370. The van der Waals surface area contributed by atoms with Crippen LogP contribution in [0.5, 0.6) is 0 Å². The number of halogens is 1. The van der Waals surface area contributed by atoms with Crippen LogP contribution >= 0.6 is 23.4 Å². The maximum atomic E-state index is 13.5. The Labute approximate surface area is 211 Å². The number of nitrogens with zero attached hydrogens (tertiary/aromatic N) is 1. The molecule has 1 atom stereocenters. The number of carbonyl (C=O) groups is 2. The molecule has 34 heavy (non-hydrogen) atoms. The average Bonchev–Trinajstić information content (AvgIpc) is 2.82. The first-order valence-electron chi connectivity index (χ1n) is 11.4. The zero-order valence-electron chi connectivity index (χ0n) is 19.6. The Kier molecular flexibility index (Phi) is 10.0. The molecule has 0 aliphatic heterocycles. The van der Waals surface area contributed by atoms with Gasteiger partial charge in [0, 0.05) is 29.8 Å². The van der Waals surface area contributed by atoms with Crippen molar-refractivity contribution in [2.24, 2.45) is 0 Å². The van der Waals surface area contributed by atoms with E-state index < -0.39 is 6.04 Å². The van der Waals surface area contributed by atoms with E-state index in [0.29, 0.717) is 23.7 Å². The van der Waals surface area contributed by atoms with Crippen molar-refractivity contribution >= 4 is 35.2 Å². The molecule has 0 aliphatic carbocycles. The SMILES string of the molecule is CC(C)NC(=O)[C@@H](Cc1ccccc1)N(Cc1ccccc1)C(=O)CSCc1cccc(Cl)c1. The molecule has 0 aliphatic rings. The molecular formula is C28H31ClN2O2S. The Morgan fingerprint density at radius 1 is 0.882 bits per heavy atom. The van der Waals surface area contributed by atoms with Crippen LogP contribution in [-0.2, 0) is 28.3 Å². The summed E-state index contributed by atoms with van der Waals surface area (Å²) in [6.07, 6.45) is 0.455. The lowest BCUT2D eigenvalue weighted by Crippen LogP contribution is -2.52. The number of thioether (sulfide) groups is 1. The van der Waals surface area contributed by atoms with Gasteiger partial charge in [-0.1, -0.05) is 84.4 Å². The van der Waals surface area contributed by atoms with E-state index in [-0.39, 0.29) is 23.6 Å². The fourth-order valence-electron chi connectivity index (χ4n) is 3.68. The maximum Gasteiger partial charge on any atom is 0.243 e. The van der Waals surface area contributed by atoms with Crippen molar-refractivity contribution in [2.75, 3.05) is 5.75 Å². The highest BCUT2D eigenvalue weighted by Crippen LogP contribution is 2.20. The van der Waals surface area contributed by atoms with Gasteiger partial charge in [0.25, 0.3) is 0 Å². The molecule has 1 N–H and O–H groups in total. The van der Waals surface area contributed by atoms with Gasteiger partial charge >= 0.3 is 0 Å². The van der Waals surface area contributed by atoms with Gasteiger partial charge in [0.1, 0.15) is 6.04 Å². The van der Waals surface area contributed by atoms with Crippen LogP contribution in [0, 0.1) is 0 Å². The van der Waals surface area contributed by atoms with Crippen LogP contribution in [0.25, 0.3) is 0 Å². The first kappa shape index (κ1) is 25.9. The van der Waals surface area contributed by atoms with Crippen LogP contribution in [-0.4, -0.2) is 34.6 Å². The Morgan fingerprint density at radius 3 is 2.12 bits per heavy atom. The minimum absolute atomic E-state index is 0.0170. The number of carbonyl (C=O) groups excluding carboxylic acids is 2. The molecule has 4 nitrogen and oxygen atoms in total. The second-order valence-electron chi connectivity index (χ2n) is 8.50. The van der Waals surface area contributed by atoms with Gasteiger partial charge in [0.15, 0.2) is 0 Å². The molecule has 3 aromatic carbocycles. The highest BCUT2D eigenvalue weighted by Gasteiger charge is 2.30. The van der Waals surface area contributed by atoms with Crippen molar-refractivity contribution < 1.29 is 9.59 Å². The van der Waals surface area contributed by atoms with E-state index >= 15 is 0 Å². The molecule has 6 heteroatoms. The fourth-order valence-corrected chi connectivity index (χ4v) is 4.75. The van der Waals surface area contributed by atoms with Crippen LogP contribution < -0.4 is 5.32 Å². The molecule has 0 saturated heterocycles. The van der Waals surface area contributed by atoms with Crippen molar-refractivity contribution in [1.82, 2.24) is 10.2 Å². The van der Waals surface area contributed by atoms with E-state index in [4.69, 9.17) is 11.6 Å². The zero-order valence-corrected chi connectivity index (χ0v) is 21.2. The molecule has 0 radical (unpaired) electrons. The van der Waals surface area contributed by atoms with Crippen LogP contribution in [0.3, 0.4) is 0 Å². The fraction of sp³-hybridized carbons (Fsp3) is 0.286. The molecule has 0 saturated carbocycles. The smallest absolute Gasteiger partial charge is 0.243 e. The number of amides is 2. The van der Waals surface area contributed by atoms with E-state index in [0.717, 1.165) is 16.7 Å². The van der Waals surface area contributed by atoms with Crippen molar-refractivity contribution in [3.8, 4) is 0 Å². The lowest BCUT2D eigenvalue weighted by molar-refractivity contribution is -0.139. The third-order valence-electron chi connectivity index (χ3n) is 5.28. The Bertz CT molecular complexity index is 1060. The zero-order chi connectivity index (χ0) is 24.3. The summed E-state index contributed by atoms with van der Waals surface area (Å²) in [5, 5.41) is 3.70. The van der Waals surface area contributed by atoms with E-state index in [9.17, 15) is 9.59 Å². The van der Waals surface area contributed by atoms with Gasteiger partial charge in [-0.05, 0) is 42.7 Å². The lowest BCUT2D eigenvalue weighted by Gasteiger charge is -2.32. The number of nitrogens with one attached hydrogen (secondary N) is 1. The average molecular weight is 495 g/mol. The summed E-state index contributed by atoms with van der Waals surface area (Å²) >= 11 is 7.62. The molecule has 0 heterocycles. The summed E-state index contributed by atoms with van der Waals surface area (Å²) in [5.41, 5.74) is 3.08. The Hall–Kier alpha value is -2.76. The van der Waals surface area contributed by atoms with Crippen LogP contribution in [0.1, 0.15) is 30.5 Å². The van der Waals surface area contributed by atoms with Crippen LogP contribution in [0.15, 0.2) is 84.9 Å². The minimum atomic E-state index is -0.607. The molecule has 0 fully saturated rings. The first-order chi connectivity index (χ1) is 16.4. The minimum Gasteiger partial charge on any atom is -0.352 e. The monoisotopic (exact) mass is 494 g/mol. The number of hydrogen-bond donors (Lipinski definition) is 1. The van der Waals surface area contributed by atoms with E-state index in [1.165, 1.54) is 11.8 Å². The topological polar surface area (TPSA) is 49.4 Å². The highest BCUT2D eigenvalue weighted by molar-refractivity contribution is 7.99. The lowest BCUT2D eigenvalue weighted by atomic mass is 10.0. The normalized spacial score (nSPS) is 11.8. The van der Waals surface area contributed by atoms with Crippen LogP contribution in [0.4, 0.5) is 0 Å². The van der Waals surface area contributed by atoms with Gasteiger partial charge < -0.3 is 10.2 Å². The van der Waals surface area contributed by atoms with Crippen LogP contribution in [0.2, 0.25) is 5.02 Å². The second-order valence-corrected chi connectivity index (χ2v) is 9.92. The van der Waals surface area contributed by atoms with Gasteiger partial charge in [-0.2, -0.15) is 0 Å². The van der Waals surface area contributed by atoms with E-state index in [1.807, 2.05) is 98.8 Å². The van der Waals surface area contributed by atoms with E-state index in [2.05, 4.69) is 5.32 Å². The third kappa shape index (κ3) is 8.23. The molecule has 3 rings (SSSR count). The summed E-state index contributed by atoms with van der Waals surface area (Å²) < 4.78 is 0. The van der Waals surface area contributed by atoms with Gasteiger partial charge in [0.2, 0.25) is 11.8 Å². The molecule has 0 spiro atoms. The molecule has 3 aromatic rings. The molecule has 178 valence electrons. The van der Waals surface area contributed by atoms with Gasteiger partial charge in [-0.25, -0.2) is 0 Å². The molecule has 2 amide bonds. The number of benzene rings is 3. The Balaban J connectivity index is 1.82. The largest absolute Gasteiger partial charge is 0.352 e. The standard InChI is InChI=1S/C28H31ClN2O2S/c1-21(2)30-28(33)26(17-22-10-5-3-6-11-22)31(18-23-12-7-4-8-13-23)27(32)20-34-19-24-14-9-15-25(29)16-24/h3-16,21,26H,17-20H2,1-2H3,(H,30,33)/t26-/m1/s1. The summed E-state index contributed by atoms with van der Waals surface area (Å²) in [4.78, 5) is 28.6. The molecule has 0 aromatic heterocycles. The first-order valence-corrected chi connectivity index (χ1v) is 13.0. The third-order valence-corrected chi connectivity index (χ3v) is 6.50. The van der Waals surface area contributed by atoms with Crippen molar-refractivity contribution in [3.63, 3.8) is 0 Å². The van der Waals surface area contributed by atoms with Gasteiger partial charge in [-0.15, -0.1) is 11.8 Å². The highest BCUT2D eigenvalue weighted by atomic mass is 35.5. The molecule has 0 unspecified atom stereocenters. The van der Waals surface area contributed by atoms with Gasteiger partial charge in [0.05, 0.1) is 5.75 Å². The maximum absolute atomic E-state index is 13.5. The Morgan fingerprint density at radius 2 is 1.50 bits per heavy atom. The number of hydrogen-bond acceptors (Lipinski definition) is 3. The predicted molar refractivity (Wildman–Crippen MR) is 142 cm³/mol. The van der Waals surface area contributed by atoms with Crippen molar-refractivity contribution in [1.29, 1.82) is 0 Å².